The molecule has 0 bridgehead atoms. The van der Waals surface area contributed by atoms with Crippen LogP contribution in [0.1, 0.15) is 5.56 Å². The van der Waals surface area contributed by atoms with E-state index in [1.807, 2.05) is 7.05 Å². The van der Waals surface area contributed by atoms with Gasteiger partial charge >= 0.3 is 11.9 Å². The van der Waals surface area contributed by atoms with Gasteiger partial charge in [-0.2, -0.15) is 13.2 Å². The minimum atomic E-state index is -4.61. The van der Waals surface area contributed by atoms with E-state index in [0.29, 0.717) is 26.2 Å². The third-order valence-corrected chi connectivity index (χ3v) is 4.27. The van der Waals surface area contributed by atoms with E-state index in [1.54, 1.807) is 4.90 Å². The second-order valence-corrected chi connectivity index (χ2v) is 6.11. The van der Waals surface area contributed by atoms with Crippen molar-refractivity contribution in [2.75, 3.05) is 43.4 Å². The van der Waals surface area contributed by atoms with Gasteiger partial charge in [-0.3, -0.25) is 10.1 Å². The SMILES string of the molecule is CN1CCN(c2ncnc(Nc3ccccc3C(F)(F)F)c2[N+](=O)[O-])CC1. The molecule has 2 heterocycles. The molecule has 0 saturated carbocycles. The molecule has 2 aromatic rings. The van der Waals surface area contributed by atoms with Crippen LogP contribution in [0.5, 0.6) is 0 Å². The molecule has 1 N–H and O–H groups in total. The summed E-state index contributed by atoms with van der Waals surface area (Å²) in [5, 5.41) is 14.1. The van der Waals surface area contributed by atoms with E-state index in [1.165, 1.54) is 18.2 Å². The molecular formula is C16H17F3N6O2. The molecule has 0 aliphatic carbocycles. The largest absolute Gasteiger partial charge is 0.418 e. The summed E-state index contributed by atoms with van der Waals surface area (Å²) in [6.07, 6.45) is -3.50. The maximum atomic E-state index is 13.2. The highest BCUT2D eigenvalue weighted by atomic mass is 19.4. The lowest BCUT2D eigenvalue weighted by atomic mass is 10.1. The Hall–Kier alpha value is -2.95. The monoisotopic (exact) mass is 382 g/mol. The number of hydrogen-bond donors (Lipinski definition) is 1. The number of aromatic nitrogens is 2. The van der Waals surface area contributed by atoms with Crippen molar-refractivity contribution in [3.63, 3.8) is 0 Å². The lowest BCUT2D eigenvalue weighted by Crippen LogP contribution is -2.45. The molecule has 0 unspecified atom stereocenters. The highest BCUT2D eigenvalue weighted by Gasteiger charge is 2.35. The van der Waals surface area contributed by atoms with E-state index in [9.17, 15) is 23.3 Å². The zero-order valence-corrected chi connectivity index (χ0v) is 14.4. The predicted octanol–water partition coefficient (Wildman–Crippen LogP) is 2.90. The number of rotatable bonds is 4. The topological polar surface area (TPSA) is 87.4 Å². The average molecular weight is 382 g/mol. The highest BCUT2D eigenvalue weighted by Crippen LogP contribution is 2.38. The summed E-state index contributed by atoms with van der Waals surface area (Å²) in [5.74, 6) is -0.185. The van der Waals surface area contributed by atoms with E-state index >= 15 is 0 Å². The Morgan fingerprint density at radius 2 is 1.81 bits per heavy atom. The second kappa shape index (κ2) is 7.35. The van der Waals surface area contributed by atoms with Crippen LogP contribution in [-0.2, 0) is 6.18 Å². The van der Waals surface area contributed by atoms with Crippen LogP contribution in [0.2, 0.25) is 0 Å². The zero-order chi connectivity index (χ0) is 19.6. The van der Waals surface area contributed by atoms with Crippen LogP contribution in [-0.4, -0.2) is 53.0 Å². The molecule has 0 radical (unpaired) electrons. The Labute approximate surface area is 152 Å². The van der Waals surface area contributed by atoms with E-state index in [2.05, 4.69) is 20.2 Å². The molecular weight excluding hydrogens is 365 g/mol. The first-order valence-electron chi connectivity index (χ1n) is 8.13. The van der Waals surface area contributed by atoms with Crippen molar-refractivity contribution in [1.29, 1.82) is 0 Å². The van der Waals surface area contributed by atoms with Gasteiger partial charge in [0.25, 0.3) is 0 Å². The number of piperazine rings is 1. The Morgan fingerprint density at radius 3 is 2.44 bits per heavy atom. The molecule has 1 aromatic heterocycles. The third-order valence-electron chi connectivity index (χ3n) is 4.27. The number of anilines is 3. The molecule has 0 amide bonds. The average Bonchev–Trinajstić information content (AvgIpc) is 2.61. The summed E-state index contributed by atoms with van der Waals surface area (Å²) in [6, 6.07) is 4.75. The molecule has 1 fully saturated rings. The maximum Gasteiger partial charge on any atom is 0.418 e. The van der Waals surface area contributed by atoms with Gasteiger partial charge in [0.05, 0.1) is 16.2 Å². The minimum absolute atomic E-state index is 0.0927. The maximum absolute atomic E-state index is 13.2. The molecule has 144 valence electrons. The zero-order valence-electron chi connectivity index (χ0n) is 14.4. The first-order chi connectivity index (χ1) is 12.8. The smallest absolute Gasteiger partial charge is 0.348 e. The summed E-state index contributed by atoms with van der Waals surface area (Å²) in [7, 11) is 1.94. The Kier molecular flexibility index (Phi) is 5.13. The van der Waals surface area contributed by atoms with Gasteiger partial charge in [-0.25, -0.2) is 9.97 Å². The van der Waals surface area contributed by atoms with Crippen molar-refractivity contribution in [3.8, 4) is 0 Å². The Bertz CT molecular complexity index is 837. The number of likely N-dealkylation sites (N-methyl/N-ethyl adjacent to an activating group) is 1. The van der Waals surface area contributed by atoms with Gasteiger partial charge in [-0.15, -0.1) is 0 Å². The predicted molar refractivity (Wildman–Crippen MR) is 93.1 cm³/mol. The molecule has 1 aliphatic heterocycles. The molecule has 1 saturated heterocycles. The van der Waals surface area contributed by atoms with Crippen LogP contribution in [0.25, 0.3) is 0 Å². The van der Waals surface area contributed by atoms with Crippen molar-refractivity contribution < 1.29 is 18.1 Å². The quantitative estimate of drug-likeness (QED) is 0.643. The fourth-order valence-electron chi connectivity index (χ4n) is 2.85. The van der Waals surface area contributed by atoms with Gasteiger partial charge in [0, 0.05) is 26.2 Å². The third kappa shape index (κ3) is 4.08. The fraction of sp³-hybridized carbons (Fsp3) is 0.375. The molecule has 1 aromatic carbocycles. The van der Waals surface area contributed by atoms with Gasteiger partial charge in [0.15, 0.2) is 0 Å². The van der Waals surface area contributed by atoms with Crippen LogP contribution in [0.3, 0.4) is 0 Å². The number of nitrogens with one attached hydrogen (secondary N) is 1. The molecule has 1 aliphatic rings. The second-order valence-electron chi connectivity index (χ2n) is 6.11. The first-order valence-corrected chi connectivity index (χ1v) is 8.13. The summed E-state index contributed by atoms with van der Waals surface area (Å²) in [4.78, 5) is 22.6. The van der Waals surface area contributed by atoms with Crippen molar-refractivity contribution in [3.05, 3.63) is 46.3 Å². The van der Waals surface area contributed by atoms with E-state index in [-0.39, 0.29) is 17.3 Å². The van der Waals surface area contributed by atoms with Gasteiger partial charge in [0.1, 0.15) is 6.33 Å². The number of nitrogens with zero attached hydrogens (tertiary/aromatic N) is 5. The molecule has 8 nitrogen and oxygen atoms in total. The number of hydrogen-bond acceptors (Lipinski definition) is 7. The standard InChI is InChI=1S/C16H17F3N6O2/c1-23-6-8-24(9-7-23)15-13(25(26)27)14(20-10-21-15)22-12-5-3-2-4-11(12)16(17,18)19/h2-5,10H,6-9H2,1H3,(H,20,21,22). The van der Waals surface area contributed by atoms with Crippen molar-refractivity contribution >= 4 is 23.0 Å². The van der Waals surface area contributed by atoms with Crippen LogP contribution >= 0.6 is 0 Å². The van der Waals surface area contributed by atoms with Gasteiger partial charge < -0.3 is 15.1 Å². The lowest BCUT2D eigenvalue weighted by molar-refractivity contribution is -0.383. The number of halogens is 3. The number of nitro groups is 1. The molecule has 0 atom stereocenters. The van der Waals surface area contributed by atoms with Gasteiger partial charge in [0.2, 0.25) is 11.6 Å². The molecule has 11 heteroatoms. The molecule has 0 spiro atoms. The number of para-hydroxylation sites is 1. The van der Waals surface area contributed by atoms with E-state index in [4.69, 9.17) is 0 Å². The van der Waals surface area contributed by atoms with Crippen LogP contribution in [0.15, 0.2) is 30.6 Å². The molecule has 27 heavy (non-hydrogen) atoms. The summed E-state index contributed by atoms with van der Waals surface area (Å²) < 4.78 is 39.6. The Morgan fingerprint density at radius 1 is 1.15 bits per heavy atom. The van der Waals surface area contributed by atoms with Crippen molar-refractivity contribution in [1.82, 2.24) is 14.9 Å². The molecule has 3 rings (SSSR count). The van der Waals surface area contributed by atoms with E-state index < -0.39 is 22.4 Å². The first kappa shape index (κ1) is 18.8. The summed E-state index contributed by atoms with van der Waals surface area (Å²) in [5.41, 5.74) is -1.69. The van der Waals surface area contributed by atoms with E-state index in [0.717, 1.165) is 12.4 Å². The summed E-state index contributed by atoms with van der Waals surface area (Å²) in [6.45, 7) is 2.43. The van der Waals surface area contributed by atoms with Gasteiger partial charge in [-0.1, -0.05) is 12.1 Å². The van der Waals surface area contributed by atoms with Crippen molar-refractivity contribution in [2.24, 2.45) is 0 Å². The van der Waals surface area contributed by atoms with Crippen molar-refractivity contribution in [2.45, 2.75) is 6.18 Å². The van der Waals surface area contributed by atoms with Crippen LogP contribution in [0, 0.1) is 10.1 Å². The fourth-order valence-corrected chi connectivity index (χ4v) is 2.85. The lowest BCUT2D eigenvalue weighted by Gasteiger charge is -2.32. The van der Waals surface area contributed by atoms with Crippen LogP contribution < -0.4 is 10.2 Å². The summed E-state index contributed by atoms with van der Waals surface area (Å²) >= 11 is 0. The Balaban J connectivity index is 2.00. The van der Waals surface area contributed by atoms with Gasteiger partial charge in [-0.05, 0) is 19.2 Å². The minimum Gasteiger partial charge on any atom is -0.348 e. The highest BCUT2D eigenvalue weighted by molar-refractivity contribution is 5.75. The number of benzene rings is 1. The number of alkyl halides is 3. The van der Waals surface area contributed by atoms with Crippen LogP contribution in [0.4, 0.5) is 36.2 Å². The normalized spacial score (nSPS) is 15.6.